The molecule has 1 N–H and O–H groups in total. The van der Waals surface area contributed by atoms with E-state index in [4.69, 9.17) is 4.74 Å². The van der Waals surface area contributed by atoms with Crippen molar-refractivity contribution in [3.63, 3.8) is 0 Å². The van der Waals surface area contributed by atoms with Crippen LogP contribution in [0.1, 0.15) is 30.9 Å². The Hall–Kier alpha value is -1.02. The van der Waals surface area contributed by atoms with Gasteiger partial charge in [-0.05, 0) is 48.3 Å². The third kappa shape index (κ3) is 2.22. The van der Waals surface area contributed by atoms with Crippen LogP contribution >= 0.6 is 0 Å². The molecule has 1 saturated carbocycles. The van der Waals surface area contributed by atoms with E-state index in [-0.39, 0.29) is 5.41 Å². The van der Waals surface area contributed by atoms with Gasteiger partial charge in [-0.15, -0.1) is 0 Å². The van der Waals surface area contributed by atoms with E-state index in [0.29, 0.717) is 6.61 Å². The van der Waals surface area contributed by atoms with Gasteiger partial charge >= 0.3 is 0 Å². The van der Waals surface area contributed by atoms with Gasteiger partial charge in [0.2, 0.25) is 0 Å². The van der Waals surface area contributed by atoms with Gasteiger partial charge < -0.3 is 9.84 Å². The summed E-state index contributed by atoms with van der Waals surface area (Å²) in [6.07, 6.45) is 4.32. The van der Waals surface area contributed by atoms with Crippen LogP contribution in [-0.4, -0.2) is 18.8 Å². The van der Waals surface area contributed by atoms with Gasteiger partial charge in [-0.2, -0.15) is 0 Å². The highest BCUT2D eigenvalue weighted by Gasteiger charge is 2.41. The fourth-order valence-corrected chi connectivity index (χ4v) is 2.22. The molecule has 0 spiro atoms. The van der Waals surface area contributed by atoms with Gasteiger partial charge in [-0.3, -0.25) is 0 Å². The molecule has 2 heteroatoms. The number of aliphatic hydroxyl groups excluding tert-OH is 1. The lowest BCUT2D eigenvalue weighted by atomic mass is 9.95. The maximum atomic E-state index is 9.32. The third-order valence-electron chi connectivity index (χ3n) is 3.60. The highest BCUT2D eigenvalue weighted by molar-refractivity contribution is 5.38. The summed E-state index contributed by atoms with van der Waals surface area (Å²) in [6, 6.07) is 6.38. The molecule has 0 bridgehead atoms. The molecular weight excluding hydrogens is 200 g/mol. The maximum Gasteiger partial charge on any atom is 0.122 e. The van der Waals surface area contributed by atoms with Crippen LogP contribution in [0.4, 0.5) is 0 Å². The molecule has 1 aromatic carbocycles. The van der Waals surface area contributed by atoms with Crippen LogP contribution in [0.15, 0.2) is 18.2 Å². The third-order valence-corrected chi connectivity index (χ3v) is 3.60. The molecule has 16 heavy (non-hydrogen) atoms. The molecule has 1 aromatic rings. The molecule has 0 radical (unpaired) electrons. The number of hydrogen-bond donors (Lipinski definition) is 1. The van der Waals surface area contributed by atoms with Crippen LogP contribution in [0.25, 0.3) is 0 Å². The summed E-state index contributed by atoms with van der Waals surface area (Å²) in [7, 11) is 1.71. The second-order valence-electron chi connectivity index (χ2n) is 4.83. The van der Waals surface area contributed by atoms with Gasteiger partial charge in [0.25, 0.3) is 0 Å². The number of aryl methyl sites for hydroxylation is 1. The van der Waals surface area contributed by atoms with Gasteiger partial charge in [-0.25, -0.2) is 0 Å². The van der Waals surface area contributed by atoms with Gasteiger partial charge in [0, 0.05) is 6.61 Å². The minimum Gasteiger partial charge on any atom is -0.496 e. The largest absolute Gasteiger partial charge is 0.496 e. The van der Waals surface area contributed by atoms with Crippen LogP contribution in [0.2, 0.25) is 0 Å². The summed E-state index contributed by atoms with van der Waals surface area (Å²) >= 11 is 0. The van der Waals surface area contributed by atoms with Crippen LogP contribution < -0.4 is 4.74 Å². The van der Waals surface area contributed by atoms with Gasteiger partial charge in [0.05, 0.1) is 7.11 Å². The van der Waals surface area contributed by atoms with Crippen molar-refractivity contribution >= 4 is 0 Å². The predicted molar refractivity (Wildman–Crippen MR) is 64.8 cm³/mol. The van der Waals surface area contributed by atoms with Crippen molar-refractivity contribution in [1.82, 2.24) is 0 Å². The maximum absolute atomic E-state index is 9.32. The number of methoxy groups -OCH3 is 1. The second kappa shape index (κ2) is 4.46. The Morgan fingerprint density at radius 2 is 2.12 bits per heavy atom. The molecule has 0 amide bonds. The highest BCUT2D eigenvalue weighted by Crippen LogP contribution is 2.48. The molecule has 0 aromatic heterocycles. The monoisotopic (exact) mass is 220 g/mol. The Morgan fingerprint density at radius 3 is 2.62 bits per heavy atom. The number of rotatable bonds is 5. The van der Waals surface area contributed by atoms with Crippen molar-refractivity contribution in [2.75, 3.05) is 13.7 Å². The van der Waals surface area contributed by atoms with E-state index in [0.717, 1.165) is 31.4 Å². The summed E-state index contributed by atoms with van der Waals surface area (Å²) in [4.78, 5) is 0. The summed E-state index contributed by atoms with van der Waals surface area (Å²) < 4.78 is 5.31. The van der Waals surface area contributed by atoms with E-state index >= 15 is 0 Å². The minimum absolute atomic E-state index is 0.194. The van der Waals surface area contributed by atoms with Crippen LogP contribution in [0.3, 0.4) is 0 Å². The Labute approximate surface area is 97.3 Å². The van der Waals surface area contributed by atoms with E-state index in [9.17, 15) is 5.11 Å². The Morgan fingerprint density at radius 1 is 1.38 bits per heavy atom. The first-order valence-electron chi connectivity index (χ1n) is 6.00. The first-order chi connectivity index (χ1) is 7.73. The van der Waals surface area contributed by atoms with Gasteiger partial charge in [0.1, 0.15) is 5.75 Å². The molecule has 88 valence electrons. The lowest BCUT2D eigenvalue weighted by Crippen LogP contribution is -2.10. The van der Waals surface area contributed by atoms with Gasteiger partial charge in [-0.1, -0.05) is 19.1 Å². The number of ether oxygens (including phenoxy) is 1. The van der Waals surface area contributed by atoms with E-state index in [2.05, 4.69) is 19.1 Å². The molecule has 0 aliphatic heterocycles. The number of hydrogen-bond acceptors (Lipinski definition) is 2. The lowest BCUT2D eigenvalue weighted by molar-refractivity contribution is 0.211. The molecular formula is C14H20O2. The summed E-state index contributed by atoms with van der Waals surface area (Å²) in [5.74, 6) is 0.972. The molecule has 0 heterocycles. The van der Waals surface area contributed by atoms with Gasteiger partial charge in [0.15, 0.2) is 0 Å². The fourth-order valence-electron chi connectivity index (χ4n) is 2.22. The molecule has 2 nitrogen and oxygen atoms in total. The zero-order valence-electron chi connectivity index (χ0n) is 10.1. The minimum atomic E-state index is 0.194. The van der Waals surface area contributed by atoms with E-state index in [1.54, 1.807) is 7.11 Å². The standard InChI is InChI=1S/C14H20O2/c1-3-12-8-11(4-5-13(12)16-2)9-14(10-15)6-7-14/h4-5,8,15H,3,6-7,9-10H2,1-2H3. The van der Waals surface area contributed by atoms with Crippen molar-refractivity contribution < 1.29 is 9.84 Å². The number of aliphatic hydroxyl groups is 1. The quantitative estimate of drug-likeness (QED) is 0.826. The van der Waals surface area contributed by atoms with Crippen molar-refractivity contribution in [2.45, 2.75) is 32.6 Å². The Kier molecular flexibility index (Phi) is 3.20. The first-order valence-corrected chi connectivity index (χ1v) is 6.00. The summed E-state index contributed by atoms with van der Waals surface area (Å²) in [5.41, 5.74) is 2.78. The van der Waals surface area contributed by atoms with Crippen LogP contribution in [0.5, 0.6) is 5.75 Å². The molecule has 0 atom stereocenters. The average Bonchev–Trinajstić information content (AvgIpc) is 3.09. The average molecular weight is 220 g/mol. The first kappa shape index (κ1) is 11.5. The lowest BCUT2D eigenvalue weighted by Gasteiger charge is -2.14. The molecule has 1 fully saturated rings. The van der Waals surface area contributed by atoms with E-state index in [1.165, 1.54) is 11.1 Å². The molecule has 0 unspecified atom stereocenters. The highest BCUT2D eigenvalue weighted by atomic mass is 16.5. The molecule has 2 rings (SSSR count). The van der Waals surface area contributed by atoms with E-state index < -0.39 is 0 Å². The Balaban J connectivity index is 2.16. The van der Waals surface area contributed by atoms with Crippen molar-refractivity contribution in [3.05, 3.63) is 29.3 Å². The normalized spacial score (nSPS) is 17.2. The summed E-state index contributed by atoms with van der Waals surface area (Å²) in [5, 5.41) is 9.32. The Bertz CT molecular complexity index is 367. The zero-order chi connectivity index (χ0) is 11.6. The van der Waals surface area contributed by atoms with E-state index in [1.807, 2.05) is 6.07 Å². The SMILES string of the molecule is CCc1cc(CC2(CO)CC2)ccc1OC. The van der Waals surface area contributed by atoms with Crippen molar-refractivity contribution in [1.29, 1.82) is 0 Å². The second-order valence-corrected chi connectivity index (χ2v) is 4.83. The molecule has 0 saturated heterocycles. The van der Waals surface area contributed by atoms with Crippen LogP contribution in [-0.2, 0) is 12.8 Å². The summed E-state index contributed by atoms with van der Waals surface area (Å²) in [6.45, 7) is 2.46. The molecule has 1 aliphatic rings. The molecule has 1 aliphatic carbocycles. The number of benzene rings is 1. The van der Waals surface area contributed by atoms with Crippen molar-refractivity contribution in [3.8, 4) is 5.75 Å². The van der Waals surface area contributed by atoms with Crippen molar-refractivity contribution in [2.24, 2.45) is 5.41 Å². The van der Waals surface area contributed by atoms with Crippen LogP contribution in [0, 0.1) is 5.41 Å². The smallest absolute Gasteiger partial charge is 0.122 e. The predicted octanol–water partition coefficient (Wildman–Crippen LogP) is 2.57. The topological polar surface area (TPSA) is 29.5 Å². The zero-order valence-corrected chi connectivity index (χ0v) is 10.1. The fraction of sp³-hybridized carbons (Fsp3) is 0.571.